The summed E-state index contributed by atoms with van der Waals surface area (Å²) in [5, 5.41) is 2.72. The van der Waals surface area contributed by atoms with Crippen LogP contribution < -0.4 is 5.32 Å². The molecule has 0 aliphatic heterocycles. The third-order valence-corrected chi connectivity index (χ3v) is 1.81. The van der Waals surface area contributed by atoms with Crippen LogP contribution in [-0.4, -0.2) is 36.0 Å². The summed E-state index contributed by atoms with van der Waals surface area (Å²) in [7, 11) is 1.62. The van der Waals surface area contributed by atoms with Gasteiger partial charge >= 0.3 is 12.3 Å². The van der Waals surface area contributed by atoms with Crippen LogP contribution in [0.1, 0.15) is 5.82 Å². The van der Waals surface area contributed by atoms with Gasteiger partial charge in [0.25, 0.3) is 0 Å². The molecule has 1 N–H and O–H groups in total. The van der Waals surface area contributed by atoms with E-state index in [0.29, 0.717) is 5.82 Å². The number of anilines is 1. The van der Waals surface area contributed by atoms with Crippen molar-refractivity contribution in [3.05, 3.63) is 18.1 Å². The van der Waals surface area contributed by atoms with Crippen molar-refractivity contribution in [1.29, 1.82) is 0 Å². The summed E-state index contributed by atoms with van der Waals surface area (Å²) < 4.78 is 53.0. The van der Waals surface area contributed by atoms with E-state index in [1.807, 2.05) is 0 Å². The topological polar surface area (TPSA) is 47.0 Å². The number of hydrogen-bond donors (Lipinski definition) is 1. The molecule has 0 saturated carbocycles. The van der Waals surface area contributed by atoms with Crippen LogP contribution in [0.4, 0.5) is 23.4 Å². The molecule has 17 heavy (non-hydrogen) atoms. The highest BCUT2D eigenvalue weighted by Crippen LogP contribution is 2.23. The van der Waals surface area contributed by atoms with Gasteiger partial charge < -0.3 is 10.1 Å². The molecule has 0 amide bonds. The largest absolute Gasteiger partial charge is 0.373 e. The van der Waals surface area contributed by atoms with Crippen molar-refractivity contribution in [3.63, 3.8) is 0 Å². The van der Waals surface area contributed by atoms with Gasteiger partial charge in [0.2, 0.25) is 0 Å². The molecule has 0 fully saturated rings. The van der Waals surface area contributed by atoms with E-state index in [2.05, 4.69) is 20.0 Å². The van der Waals surface area contributed by atoms with Crippen molar-refractivity contribution >= 4 is 5.82 Å². The summed E-state index contributed by atoms with van der Waals surface area (Å²) in [6.07, 6.45) is -2.34. The molecule has 0 unspecified atom stereocenters. The quantitative estimate of drug-likeness (QED) is 0.787. The number of ether oxygens (including phenoxy) is 1. The molecule has 4 nitrogen and oxygen atoms in total. The zero-order valence-corrected chi connectivity index (χ0v) is 8.96. The first-order valence-electron chi connectivity index (χ1n) is 4.69. The fraction of sp³-hybridized carbons (Fsp3) is 0.556. The number of aromatic nitrogens is 2. The van der Waals surface area contributed by atoms with Crippen LogP contribution in [0.5, 0.6) is 0 Å². The van der Waals surface area contributed by atoms with Gasteiger partial charge in [-0.15, -0.1) is 0 Å². The molecule has 1 aromatic rings. The van der Waals surface area contributed by atoms with Crippen molar-refractivity contribution in [1.82, 2.24) is 9.97 Å². The maximum atomic E-state index is 12.5. The lowest BCUT2D eigenvalue weighted by Crippen LogP contribution is -2.32. The Labute approximate surface area is 95.0 Å². The summed E-state index contributed by atoms with van der Waals surface area (Å²) in [4.78, 5) is 7.62. The Kier molecular flexibility index (Phi) is 4.62. The zero-order chi connectivity index (χ0) is 12.9. The molecule has 8 heteroatoms. The summed E-state index contributed by atoms with van der Waals surface area (Å²) in [5.41, 5.74) is 0. The van der Waals surface area contributed by atoms with Gasteiger partial charge in [0.05, 0.1) is 0 Å². The van der Waals surface area contributed by atoms with Gasteiger partial charge in [-0.25, -0.2) is 18.7 Å². The molecule has 0 aliphatic carbocycles. The third-order valence-electron chi connectivity index (χ3n) is 1.81. The third kappa shape index (κ3) is 4.14. The lowest BCUT2D eigenvalue weighted by molar-refractivity contribution is -0.168. The van der Waals surface area contributed by atoms with Gasteiger partial charge in [-0.2, -0.15) is 8.78 Å². The smallest absolute Gasteiger partial charge is 0.330 e. The van der Waals surface area contributed by atoms with E-state index in [9.17, 15) is 17.6 Å². The second-order valence-corrected chi connectivity index (χ2v) is 3.16. The normalized spacial score (nSPS) is 11.9. The minimum absolute atomic E-state index is 0.141. The van der Waals surface area contributed by atoms with Crippen LogP contribution in [0.15, 0.2) is 12.3 Å². The van der Waals surface area contributed by atoms with Gasteiger partial charge in [-0.05, 0) is 6.07 Å². The number of alkyl halides is 4. The number of hydrogen-bond acceptors (Lipinski definition) is 4. The summed E-state index contributed by atoms with van der Waals surface area (Å²) in [5.74, 6) is -3.53. The predicted molar refractivity (Wildman–Crippen MR) is 52.2 cm³/mol. The average molecular weight is 253 g/mol. The SMILES string of the molecule is CNc1ccnc(COCC(F)(F)C(F)F)n1. The Morgan fingerprint density at radius 2 is 2.18 bits per heavy atom. The predicted octanol–water partition coefficient (Wildman–Crippen LogP) is 1.94. The highest BCUT2D eigenvalue weighted by atomic mass is 19.3. The molecule has 0 bridgehead atoms. The van der Waals surface area contributed by atoms with E-state index in [1.165, 1.54) is 6.20 Å². The van der Waals surface area contributed by atoms with Crippen LogP contribution in [0.25, 0.3) is 0 Å². The van der Waals surface area contributed by atoms with Gasteiger partial charge in [0, 0.05) is 13.2 Å². The van der Waals surface area contributed by atoms with Gasteiger partial charge in [-0.1, -0.05) is 0 Å². The molecule has 0 saturated heterocycles. The molecule has 0 atom stereocenters. The Hall–Kier alpha value is -1.44. The van der Waals surface area contributed by atoms with Crippen molar-refractivity contribution in [3.8, 4) is 0 Å². The molecule has 1 aromatic heterocycles. The highest BCUT2D eigenvalue weighted by molar-refractivity contribution is 5.31. The van der Waals surface area contributed by atoms with Crippen molar-refractivity contribution < 1.29 is 22.3 Å². The summed E-state index contributed by atoms with van der Waals surface area (Å²) >= 11 is 0. The Morgan fingerprint density at radius 1 is 1.47 bits per heavy atom. The van der Waals surface area contributed by atoms with Gasteiger partial charge in [-0.3, -0.25) is 0 Å². The number of rotatable bonds is 6. The van der Waals surface area contributed by atoms with E-state index in [4.69, 9.17) is 0 Å². The van der Waals surface area contributed by atoms with E-state index in [-0.39, 0.29) is 12.4 Å². The van der Waals surface area contributed by atoms with Crippen molar-refractivity contribution in [2.45, 2.75) is 19.0 Å². The van der Waals surface area contributed by atoms with Crippen molar-refractivity contribution in [2.24, 2.45) is 0 Å². The van der Waals surface area contributed by atoms with Crippen LogP contribution in [0, 0.1) is 0 Å². The van der Waals surface area contributed by atoms with E-state index >= 15 is 0 Å². The fourth-order valence-electron chi connectivity index (χ4n) is 0.949. The lowest BCUT2D eigenvalue weighted by Gasteiger charge is -2.14. The van der Waals surface area contributed by atoms with Crippen LogP contribution in [-0.2, 0) is 11.3 Å². The van der Waals surface area contributed by atoms with Crippen LogP contribution in [0.2, 0.25) is 0 Å². The molecule has 1 heterocycles. The van der Waals surface area contributed by atoms with Crippen molar-refractivity contribution in [2.75, 3.05) is 19.0 Å². The maximum Gasteiger partial charge on any atom is 0.330 e. The van der Waals surface area contributed by atoms with E-state index in [1.54, 1.807) is 13.1 Å². The number of nitrogens with zero attached hydrogens (tertiary/aromatic N) is 2. The summed E-state index contributed by atoms with van der Waals surface area (Å²) in [6.45, 7) is -1.71. The highest BCUT2D eigenvalue weighted by Gasteiger charge is 2.40. The molecule has 96 valence electrons. The molecule has 0 aliphatic rings. The van der Waals surface area contributed by atoms with Crippen LogP contribution in [0.3, 0.4) is 0 Å². The maximum absolute atomic E-state index is 12.5. The summed E-state index contributed by atoms with van der Waals surface area (Å²) in [6, 6.07) is 1.57. The second kappa shape index (κ2) is 5.76. The minimum atomic E-state index is -4.15. The standard InChI is InChI=1S/C9H11F4N3O/c1-14-6-2-3-15-7(16-6)4-17-5-9(12,13)8(10)11/h2-3,8H,4-5H2,1H3,(H,14,15,16). The first kappa shape index (κ1) is 13.6. The number of nitrogens with one attached hydrogen (secondary N) is 1. The first-order chi connectivity index (χ1) is 7.95. The fourth-order valence-corrected chi connectivity index (χ4v) is 0.949. The van der Waals surface area contributed by atoms with Crippen LogP contribution >= 0.6 is 0 Å². The van der Waals surface area contributed by atoms with E-state index in [0.717, 1.165) is 0 Å². The molecule has 1 rings (SSSR count). The lowest BCUT2D eigenvalue weighted by atomic mass is 10.4. The molecular formula is C9H11F4N3O. The van der Waals surface area contributed by atoms with Gasteiger partial charge in [0.1, 0.15) is 19.0 Å². The molecule has 0 radical (unpaired) electrons. The second-order valence-electron chi connectivity index (χ2n) is 3.16. The van der Waals surface area contributed by atoms with E-state index < -0.39 is 19.0 Å². The molecular weight excluding hydrogens is 242 g/mol. The first-order valence-corrected chi connectivity index (χ1v) is 4.69. The van der Waals surface area contributed by atoms with Gasteiger partial charge in [0.15, 0.2) is 5.82 Å². The minimum Gasteiger partial charge on any atom is -0.373 e. The molecule has 0 aromatic carbocycles. The average Bonchev–Trinajstić information content (AvgIpc) is 2.29. The molecule has 0 spiro atoms. The monoisotopic (exact) mass is 253 g/mol. The Bertz CT molecular complexity index is 362. The Morgan fingerprint density at radius 3 is 2.76 bits per heavy atom. The zero-order valence-electron chi connectivity index (χ0n) is 8.96. The number of halogens is 4. The Balaban J connectivity index is 2.45.